The Morgan fingerprint density at radius 2 is 1.46 bits per heavy atom. The largest absolute Gasteiger partial charge is 0.416 e. The van der Waals surface area contributed by atoms with Gasteiger partial charge in [0.2, 0.25) is 0 Å². The summed E-state index contributed by atoms with van der Waals surface area (Å²) < 4.78 is 78.4. The van der Waals surface area contributed by atoms with Crippen LogP contribution in [-0.2, 0) is 12.4 Å². The lowest BCUT2D eigenvalue weighted by Crippen LogP contribution is -2.45. The van der Waals surface area contributed by atoms with Crippen molar-refractivity contribution in [3.63, 3.8) is 0 Å². The standard InChI is InChI=1S/C16H20F6N2O.ClH/c17-15(18,19)12-8-11(9-13(10-12)16(20,21)22)14(2-1-7-25)24-5-3-23-4-6-24;/h8-10,14,23,25H,1-7H2;1H/t14-;/m0./s1. The van der Waals surface area contributed by atoms with Crippen LogP contribution >= 0.6 is 12.4 Å². The molecule has 0 spiro atoms. The predicted octanol–water partition coefficient (Wildman–Crippen LogP) is 3.86. The van der Waals surface area contributed by atoms with E-state index in [1.807, 2.05) is 4.90 Å². The molecule has 0 radical (unpaired) electrons. The van der Waals surface area contributed by atoms with E-state index in [2.05, 4.69) is 5.32 Å². The SMILES string of the molecule is Cl.OCCC[C@@H](c1cc(C(F)(F)F)cc(C(F)(F)F)c1)N1CCNCC1. The maximum Gasteiger partial charge on any atom is 0.416 e. The quantitative estimate of drug-likeness (QED) is 0.729. The smallest absolute Gasteiger partial charge is 0.396 e. The molecule has 1 aliphatic rings. The van der Waals surface area contributed by atoms with Gasteiger partial charge in [0.1, 0.15) is 0 Å². The average Bonchev–Trinajstić information content (AvgIpc) is 2.54. The summed E-state index contributed by atoms with van der Waals surface area (Å²) in [6.07, 6.45) is -9.14. The minimum atomic E-state index is -4.86. The number of nitrogens with one attached hydrogen (secondary N) is 1. The van der Waals surface area contributed by atoms with Crippen LogP contribution in [0.5, 0.6) is 0 Å². The predicted molar refractivity (Wildman–Crippen MR) is 87.2 cm³/mol. The highest BCUT2D eigenvalue weighted by Gasteiger charge is 2.38. The van der Waals surface area contributed by atoms with Crippen molar-refractivity contribution in [3.8, 4) is 0 Å². The van der Waals surface area contributed by atoms with Gasteiger partial charge >= 0.3 is 12.4 Å². The van der Waals surface area contributed by atoms with Crippen LogP contribution in [0.25, 0.3) is 0 Å². The molecule has 150 valence electrons. The summed E-state index contributed by atoms with van der Waals surface area (Å²) in [7, 11) is 0. The molecule has 2 N–H and O–H groups in total. The minimum Gasteiger partial charge on any atom is -0.396 e. The molecular weight excluding hydrogens is 386 g/mol. The summed E-state index contributed by atoms with van der Waals surface area (Å²) in [6.45, 7) is 2.09. The average molecular weight is 407 g/mol. The van der Waals surface area contributed by atoms with Gasteiger partial charge in [-0.2, -0.15) is 26.3 Å². The normalized spacial score (nSPS) is 17.7. The van der Waals surface area contributed by atoms with Crippen molar-refractivity contribution in [2.24, 2.45) is 0 Å². The maximum absolute atomic E-state index is 13.1. The van der Waals surface area contributed by atoms with Crippen molar-refractivity contribution in [2.75, 3.05) is 32.8 Å². The van der Waals surface area contributed by atoms with E-state index in [0.29, 0.717) is 32.6 Å². The molecule has 1 aliphatic heterocycles. The van der Waals surface area contributed by atoms with E-state index >= 15 is 0 Å². The van der Waals surface area contributed by atoms with Crippen molar-refractivity contribution in [3.05, 3.63) is 34.9 Å². The molecular formula is C16H21ClF6N2O. The number of alkyl halides is 6. The van der Waals surface area contributed by atoms with Crippen LogP contribution in [0.15, 0.2) is 18.2 Å². The first-order valence-corrected chi connectivity index (χ1v) is 7.98. The lowest BCUT2D eigenvalue weighted by atomic mass is 9.95. The van der Waals surface area contributed by atoms with Gasteiger partial charge in [-0.1, -0.05) is 0 Å². The van der Waals surface area contributed by atoms with Crippen LogP contribution in [0.1, 0.15) is 35.6 Å². The van der Waals surface area contributed by atoms with E-state index in [1.54, 1.807) is 0 Å². The molecule has 0 saturated carbocycles. The fourth-order valence-electron chi connectivity index (χ4n) is 3.01. The zero-order valence-electron chi connectivity index (χ0n) is 13.8. The fraction of sp³-hybridized carbons (Fsp3) is 0.625. The molecule has 1 saturated heterocycles. The molecule has 0 unspecified atom stereocenters. The third-order valence-electron chi connectivity index (χ3n) is 4.22. The number of aliphatic hydroxyl groups is 1. The number of nitrogens with zero attached hydrogens (tertiary/aromatic N) is 1. The van der Waals surface area contributed by atoms with Gasteiger partial charge in [0.05, 0.1) is 11.1 Å². The third-order valence-corrected chi connectivity index (χ3v) is 4.22. The lowest BCUT2D eigenvalue weighted by molar-refractivity contribution is -0.143. The van der Waals surface area contributed by atoms with Crippen LogP contribution in [-0.4, -0.2) is 42.8 Å². The van der Waals surface area contributed by atoms with Crippen molar-refractivity contribution < 1.29 is 31.4 Å². The van der Waals surface area contributed by atoms with E-state index in [0.717, 1.165) is 12.1 Å². The molecule has 0 amide bonds. The Balaban J connectivity index is 0.00000338. The Kier molecular flexibility index (Phi) is 8.19. The van der Waals surface area contributed by atoms with Crippen LogP contribution in [0.4, 0.5) is 26.3 Å². The molecule has 0 aliphatic carbocycles. The number of aliphatic hydroxyl groups excluding tert-OH is 1. The Hall–Kier alpha value is -1.03. The lowest BCUT2D eigenvalue weighted by Gasteiger charge is -2.35. The Morgan fingerprint density at radius 1 is 0.962 bits per heavy atom. The van der Waals surface area contributed by atoms with Gasteiger partial charge in [-0.05, 0) is 36.6 Å². The fourth-order valence-corrected chi connectivity index (χ4v) is 3.01. The molecule has 10 heteroatoms. The van der Waals surface area contributed by atoms with Crippen molar-refractivity contribution in [1.29, 1.82) is 0 Å². The number of hydrogen-bond acceptors (Lipinski definition) is 3. The summed E-state index contributed by atoms with van der Waals surface area (Å²) in [6, 6.07) is 1.13. The molecule has 1 fully saturated rings. The van der Waals surface area contributed by atoms with Gasteiger partial charge in [-0.3, -0.25) is 4.90 Å². The molecule has 1 aromatic carbocycles. The van der Waals surface area contributed by atoms with E-state index < -0.39 is 29.5 Å². The van der Waals surface area contributed by atoms with Crippen molar-refractivity contribution >= 4 is 12.4 Å². The highest BCUT2D eigenvalue weighted by atomic mass is 35.5. The molecule has 1 heterocycles. The third kappa shape index (κ3) is 6.00. The molecule has 2 rings (SSSR count). The van der Waals surface area contributed by atoms with E-state index in [-0.39, 0.29) is 37.1 Å². The van der Waals surface area contributed by atoms with E-state index in [4.69, 9.17) is 5.11 Å². The number of hydrogen-bond donors (Lipinski definition) is 2. The number of piperazine rings is 1. The van der Waals surface area contributed by atoms with Gasteiger partial charge in [-0.15, -0.1) is 12.4 Å². The van der Waals surface area contributed by atoms with Gasteiger partial charge < -0.3 is 10.4 Å². The Labute approximate surface area is 153 Å². The monoisotopic (exact) mass is 406 g/mol. The highest BCUT2D eigenvalue weighted by molar-refractivity contribution is 5.85. The van der Waals surface area contributed by atoms with Crippen LogP contribution in [0.3, 0.4) is 0 Å². The molecule has 0 aromatic heterocycles. The van der Waals surface area contributed by atoms with Crippen LogP contribution in [0, 0.1) is 0 Å². The first-order valence-electron chi connectivity index (χ1n) is 7.98. The van der Waals surface area contributed by atoms with E-state index in [9.17, 15) is 26.3 Å². The summed E-state index contributed by atoms with van der Waals surface area (Å²) in [5, 5.41) is 12.1. The van der Waals surface area contributed by atoms with Gasteiger partial charge in [0.25, 0.3) is 0 Å². The van der Waals surface area contributed by atoms with Crippen molar-refractivity contribution in [2.45, 2.75) is 31.2 Å². The number of halogens is 7. The summed E-state index contributed by atoms with van der Waals surface area (Å²) >= 11 is 0. The molecule has 0 bridgehead atoms. The second-order valence-electron chi connectivity index (χ2n) is 6.01. The zero-order valence-corrected chi connectivity index (χ0v) is 14.6. The summed E-state index contributed by atoms with van der Waals surface area (Å²) in [5.74, 6) is 0. The minimum absolute atomic E-state index is 0. The zero-order chi connectivity index (χ0) is 18.7. The molecule has 3 nitrogen and oxygen atoms in total. The summed E-state index contributed by atoms with van der Waals surface area (Å²) in [4.78, 5) is 1.86. The van der Waals surface area contributed by atoms with Gasteiger partial charge in [0, 0.05) is 38.8 Å². The molecule has 1 atom stereocenters. The number of rotatable bonds is 5. The van der Waals surface area contributed by atoms with E-state index in [1.165, 1.54) is 0 Å². The topological polar surface area (TPSA) is 35.5 Å². The summed E-state index contributed by atoms with van der Waals surface area (Å²) in [5.41, 5.74) is -2.62. The first-order chi connectivity index (χ1) is 11.6. The van der Waals surface area contributed by atoms with Crippen LogP contribution < -0.4 is 5.32 Å². The van der Waals surface area contributed by atoms with Gasteiger partial charge in [0.15, 0.2) is 0 Å². The maximum atomic E-state index is 13.1. The molecule has 1 aromatic rings. The molecule has 26 heavy (non-hydrogen) atoms. The van der Waals surface area contributed by atoms with Gasteiger partial charge in [-0.25, -0.2) is 0 Å². The first kappa shape index (κ1) is 23.0. The Morgan fingerprint density at radius 3 is 1.88 bits per heavy atom. The Bertz CT molecular complexity index is 541. The number of benzene rings is 1. The highest BCUT2D eigenvalue weighted by Crippen LogP contribution is 2.39. The second-order valence-corrected chi connectivity index (χ2v) is 6.01. The second kappa shape index (κ2) is 9.25. The van der Waals surface area contributed by atoms with Crippen LogP contribution in [0.2, 0.25) is 0 Å². The van der Waals surface area contributed by atoms with Crippen molar-refractivity contribution in [1.82, 2.24) is 10.2 Å².